The Labute approximate surface area is 208 Å². The van der Waals surface area contributed by atoms with Gasteiger partial charge in [-0.15, -0.1) is 0 Å². The number of rotatable bonds is 10. The van der Waals surface area contributed by atoms with Gasteiger partial charge in [0.15, 0.2) is 11.5 Å². The summed E-state index contributed by atoms with van der Waals surface area (Å²) in [7, 11) is 3.15. The van der Waals surface area contributed by atoms with Gasteiger partial charge in [0.1, 0.15) is 6.04 Å². The lowest BCUT2D eigenvalue weighted by atomic mass is 10.0. The van der Waals surface area contributed by atoms with E-state index in [1.807, 2.05) is 49.4 Å². The molecule has 34 heavy (non-hydrogen) atoms. The Hall–Kier alpha value is -3.13. The fourth-order valence-electron chi connectivity index (χ4n) is 3.86. The van der Waals surface area contributed by atoms with Gasteiger partial charge in [0, 0.05) is 27.7 Å². The van der Waals surface area contributed by atoms with E-state index >= 15 is 0 Å². The van der Waals surface area contributed by atoms with Crippen LogP contribution in [0.4, 0.5) is 5.69 Å². The number of hydrogen-bond acceptors (Lipinski definition) is 5. The van der Waals surface area contributed by atoms with E-state index in [0.717, 1.165) is 22.9 Å². The molecule has 180 valence electrons. The summed E-state index contributed by atoms with van der Waals surface area (Å²) in [6.07, 6.45) is 2.53. The highest BCUT2D eigenvalue weighted by Gasteiger charge is 2.24. The summed E-state index contributed by atoms with van der Waals surface area (Å²) in [5, 5.41) is 7.39. The standard InChI is InChI=1S/C26H30BrN3O4/c1-5-6-9-22(25(31)28-21-13-11-20(27)12-14-21)30-26(32)19(15-17(2)29-30)16-18-8-7-10-23(33-3)24(18)34-4/h7-8,10-15,22H,5-6,9,16H2,1-4H3,(H,28,31). The number of aryl methyl sites for hydroxylation is 1. The Bertz CT molecular complexity index is 1190. The zero-order valence-corrected chi connectivity index (χ0v) is 21.5. The largest absolute Gasteiger partial charge is 0.493 e. The Kier molecular flexibility index (Phi) is 8.87. The summed E-state index contributed by atoms with van der Waals surface area (Å²) in [5.74, 6) is 0.919. The average Bonchev–Trinajstić information content (AvgIpc) is 2.83. The van der Waals surface area contributed by atoms with Gasteiger partial charge < -0.3 is 14.8 Å². The monoisotopic (exact) mass is 527 g/mol. The van der Waals surface area contributed by atoms with Crippen LogP contribution in [-0.2, 0) is 11.2 Å². The molecule has 3 aromatic rings. The molecule has 0 aliphatic rings. The molecule has 1 amide bonds. The van der Waals surface area contributed by atoms with Gasteiger partial charge in [-0.1, -0.05) is 47.8 Å². The maximum absolute atomic E-state index is 13.5. The van der Waals surface area contributed by atoms with Crippen molar-refractivity contribution in [2.24, 2.45) is 0 Å². The Morgan fingerprint density at radius 2 is 1.85 bits per heavy atom. The highest BCUT2D eigenvalue weighted by molar-refractivity contribution is 9.10. The van der Waals surface area contributed by atoms with Crippen LogP contribution in [0.15, 0.2) is 57.8 Å². The first kappa shape index (κ1) is 25.5. The highest BCUT2D eigenvalue weighted by atomic mass is 79.9. The minimum atomic E-state index is -0.720. The van der Waals surface area contributed by atoms with Crippen molar-refractivity contribution in [1.82, 2.24) is 9.78 Å². The first-order valence-electron chi connectivity index (χ1n) is 11.2. The van der Waals surface area contributed by atoms with E-state index in [-0.39, 0.29) is 11.5 Å². The number of halogens is 1. The summed E-state index contributed by atoms with van der Waals surface area (Å²) < 4.78 is 13.2. The quantitative estimate of drug-likeness (QED) is 0.387. The number of para-hydroxylation sites is 1. The van der Waals surface area contributed by atoms with Crippen LogP contribution in [0.25, 0.3) is 0 Å². The third-order valence-electron chi connectivity index (χ3n) is 5.54. The first-order valence-corrected chi connectivity index (χ1v) is 12.0. The van der Waals surface area contributed by atoms with Crippen LogP contribution in [0.5, 0.6) is 11.5 Å². The summed E-state index contributed by atoms with van der Waals surface area (Å²) in [5.41, 5.74) is 2.39. The van der Waals surface area contributed by atoms with E-state index in [2.05, 4.69) is 33.3 Å². The number of unbranched alkanes of at least 4 members (excludes halogenated alkanes) is 1. The summed E-state index contributed by atoms with van der Waals surface area (Å²) in [6, 6.07) is 13.9. The molecule has 0 saturated carbocycles. The maximum atomic E-state index is 13.5. The lowest BCUT2D eigenvalue weighted by molar-refractivity contribution is -0.119. The minimum absolute atomic E-state index is 0.263. The lowest BCUT2D eigenvalue weighted by Crippen LogP contribution is -2.37. The number of amides is 1. The van der Waals surface area contributed by atoms with Crippen LogP contribution in [0.2, 0.25) is 0 Å². The number of ether oxygens (including phenoxy) is 2. The van der Waals surface area contributed by atoms with Gasteiger partial charge in [0.2, 0.25) is 5.91 Å². The first-order chi connectivity index (χ1) is 16.4. The number of hydrogen-bond donors (Lipinski definition) is 1. The van der Waals surface area contributed by atoms with E-state index < -0.39 is 6.04 Å². The third-order valence-corrected chi connectivity index (χ3v) is 6.07. The smallest absolute Gasteiger partial charge is 0.271 e. The van der Waals surface area contributed by atoms with Crippen LogP contribution in [0, 0.1) is 6.92 Å². The molecule has 1 N–H and O–H groups in total. The van der Waals surface area contributed by atoms with Crippen LogP contribution < -0.4 is 20.3 Å². The fraction of sp³-hybridized carbons (Fsp3) is 0.346. The van der Waals surface area contributed by atoms with Crippen LogP contribution >= 0.6 is 15.9 Å². The Morgan fingerprint density at radius 3 is 2.50 bits per heavy atom. The maximum Gasteiger partial charge on any atom is 0.271 e. The molecule has 0 aliphatic heterocycles. The van der Waals surface area contributed by atoms with E-state index in [1.54, 1.807) is 20.3 Å². The lowest BCUT2D eigenvalue weighted by Gasteiger charge is -2.20. The van der Waals surface area contributed by atoms with E-state index in [0.29, 0.717) is 41.3 Å². The molecule has 1 aromatic heterocycles. The Balaban J connectivity index is 1.99. The molecular weight excluding hydrogens is 498 g/mol. The van der Waals surface area contributed by atoms with E-state index in [4.69, 9.17) is 9.47 Å². The molecule has 0 spiro atoms. The van der Waals surface area contributed by atoms with Gasteiger partial charge in [-0.3, -0.25) is 9.59 Å². The molecule has 0 saturated heterocycles. The highest BCUT2D eigenvalue weighted by Crippen LogP contribution is 2.32. The number of carbonyl (C=O) groups is 1. The predicted octanol–water partition coefficient (Wildman–Crippen LogP) is 5.29. The van der Waals surface area contributed by atoms with Crippen molar-refractivity contribution < 1.29 is 14.3 Å². The fourth-order valence-corrected chi connectivity index (χ4v) is 4.13. The second-order valence-corrected chi connectivity index (χ2v) is 8.96. The molecule has 0 aliphatic carbocycles. The van der Waals surface area contributed by atoms with E-state index in [1.165, 1.54) is 4.68 Å². The summed E-state index contributed by atoms with van der Waals surface area (Å²) >= 11 is 3.40. The summed E-state index contributed by atoms with van der Waals surface area (Å²) in [4.78, 5) is 26.8. The van der Waals surface area contributed by atoms with Gasteiger partial charge in [-0.2, -0.15) is 5.10 Å². The van der Waals surface area contributed by atoms with E-state index in [9.17, 15) is 9.59 Å². The summed E-state index contributed by atoms with van der Waals surface area (Å²) in [6.45, 7) is 3.88. The second-order valence-electron chi connectivity index (χ2n) is 8.04. The SMILES string of the molecule is CCCCC(C(=O)Nc1ccc(Br)cc1)n1nc(C)cc(Cc2cccc(OC)c2OC)c1=O. The molecule has 1 heterocycles. The normalized spacial score (nSPS) is 11.7. The van der Waals surface area contributed by atoms with Gasteiger partial charge >= 0.3 is 0 Å². The average molecular weight is 528 g/mol. The van der Waals surface area contributed by atoms with Gasteiger partial charge in [-0.05, 0) is 49.7 Å². The zero-order chi connectivity index (χ0) is 24.7. The topological polar surface area (TPSA) is 82.5 Å². The van der Waals surface area contributed by atoms with Crippen molar-refractivity contribution in [3.63, 3.8) is 0 Å². The number of methoxy groups -OCH3 is 2. The molecule has 8 heteroatoms. The molecular formula is C26H30BrN3O4. The number of nitrogens with one attached hydrogen (secondary N) is 1. The predicted molar refractivity (Wildman–Crippen MR) is 137 cm³/mol. The number of nitrogens with zero attached hydrogens (tertiary/aromatic N) is 2. The molecule has 1 unspecified atom stereocenters. The zero-order valence-electron chi connectivity index (χ0n) is 19.9. The van der Waals surface area contributed by atoms with Crippen molar-refractivity contribution in [2.75, 3.05) is 19.5 Å². The van der Waals surface area contributed by atoms with Crippen LogP contribution in [-0.4, -0.2) is 29.9 Å². The molecule has 0 bridgehead atoms. The van der Waals surface area contributed by atoms with Crippen molar-refractivity contribution in [1.29, 1.82) is 0 Å². The van der Waals surface area contributed by atoms with Crippen LogP contribution in [0.3, 0.4) is 0 Å². The molecule has 1 atom stereocenters. The van der Waals surface area contributed by atoms with Crippen molar-refractivity contribution in [2.45, 2.75) is 45.6 Å². The minimum Gasteiger partial charge on any atom is -0.493 e. The second kappa shape index (κ2) is 11.8. The molecule has 0 radical (unpaired) electrons. The number of anilines is 1. The Morgan fingerprint density at radius 1 is 1.12 bits per heavy atom. The van der Waals surface area contributed by atoms with Gasteiger partial charge in [0.05, 0.1) is 19.9 Å². The van der Waals surface area contributed by atoms with Crippen LogP contribution in [0.1, 0.15) is 49.0 Å². The number of carbonyl (C=O) groups excluding carboxylic acids is 1. The number of aromatic nitrogens is 2. The molecule has 3 rings (SSSR count). The van der Waals surface area contributed by atoms with Crippen molar-refractivity contribution >= 4 is 27.5 Å². The van der Waals surface area contributed by atoms with Gasteiger partial charge in [-0.25, -0.2) is 4.68 Å². The molecule has 7 nitrogen and oxygen atoms in total. The molecule has 0 fully saturated rings. The number of benzene rings is 2. The third kappa shape index (κ3) is 6.05. The van der Waals surface area contributed by atoms with Crippen molar-refractivity contribution in [3.8, 4) is 11.5 Å². The molecule has 2 aromatic carbocycles. The van der Waals surface area contributed by atoms with Crippen molar-refractivity contribution in [3.05, 3.63) is 80.2 Å². The van der Waals surface area contributed by atoms with Gasteiger partial charge in [0.25, 0.3) is 5.56 Å².